The van der Waals surface area contributed by atoms with E-state index in [9.17, 15) is 14.4 Å². The van der Waals surface area contributed by atoms with Gasteiger partial charge in [-0.3, -0.25) is 14.9 Å². The summed E-state index contributed by atoms with van der Waals surface area (Å²) >= 11 is 5.87. The van der Waals surface area contributed by atoms with Crippen LogP contribution in [-0.4, -0.2) is 30.6 Å². The standard InChI is InChI=1S/C17H23ClN2O5/c1-10(2)15(16(22)20-17(19)23)25-14(21)5-4-8-24-13-7-6-12(18)9-11(13)3/h6-7,9-10,15H,4-5,8H2,1-3H3,(H3,19,20,22,23)/t15-/m1/s1. The highest BCUT2D eigenvalue weighted by atomic mass is 35.5. The minimum absolute atomic E-state index is 0.0830. The zero-order chi connectivity index (χ0) is 19.0. The molecule has 8 heteroatoms. The molecular weight excluding hydrogens is 348 g/mol. The Morgan fingerprint density at radius 1 is 1.28 bits per heavy atom. The molecule has 0 fully saturated rings. The van der Waals surface area contributed by atoms with E-state index in [1.807, 2.05) is 12.2 Å². The first-order valence-electron chi connectivity index (χ1n) is 7.89. The summed E-state index contributed by atoms with van der Waals surface area (Å²) in [5, 5.41) is 2.54. The molecular formula is C17H23ClN2O5. The molecule has 0 aliphatic heterocycles. The average molecular weight is 371 g/mol. The van der Waals surface area contributed by atoms with Crippen LogP contribution in [0.1, 0.15) is 32.3 Å². The molecule has 1 atom stereocenters. The van der Waals surface area contributed by atoms with Gasteiger partial charge >= 0.3 is 12.0 Å². The van der Waals surface area contributed by atoms with Crippen LogP contribution in [-0.2, 0) is 14.3 Å². The molecule has 25 heavy (non-hydrogen) atoms. The first-order chi connectivity index (χ1) is 11.7. The summed E-state index contributed by atoms with van der Waals surface area (Å²) in [6, 6.07) is 4.29. The maximum atomic E-state index is 11.9. The van der Waals surface area contributed by atoms with Crippen LogP contribution in [0.5, 0.6) is 5.75 Å². The molecule has 7 nitrogen and oxygen atoms in total. The zero-order valence-corrected chi connectivity index (χ0v) is 15.3. The van der Waals surface area contributed by atoms with E-state index in [0.717, 1.165) is 5.56 Å². The van der Waals surface area contributed by atoms with Crippen molar-refractivity contribution in [2.45, 2.75) is 39.7 Å². The van der Waals surface area contributed by atoms with Gasteiger partial charge in [0.05, 0.1) is 6.61 Å². The molecule has 0 saturated heterocycles. The van der Waals surface area contributed by atoms with E-state index in [1.165, 1.54) is 0 Å². The van der Waals surface area contributed by atoms with Gasteiger partial charge in [0.15, 0.2) is 6.10 Å². The number of halogens is 1. The van der Waals surface area contributed by atoms with Crippen molar-refractivity contribution in [2.75, 3.05) is 6.61 Å². The van der Waals surface area contributed by atoms with Crippen molar-refractivity contribution >= 4 is 29.5 Å². The van der Waals surface area contributed by atoms with Crippen LogP contribution in [0.25, 0.3) is 0 Å². The lowest BCUT2D eigenvalue weighted by molar-refractivity contribution is -0.158. The van der Waals surface area contributed by atoms with Gasteiger partial charge in [-0.15, -0.1) is 0 Å². The average Bonchev–Trinajstić information content (AvgIpc) is 2.49. The van der Waals surface area contributed by atoms with Crippen LogP contribution < -0.4 is 15.8 Å². The molecule has 1 aromatic rings. The van der Waals surface area contributed by atoms with Crippen molar-refractivity contribution in [1.82, 2.24) is 5.32 Å². The molecule has 0 heterocycles. The van der Waals surface area contributed by atoms with Gasteiger partial charge in [0, 0.05) is 11.4 Å². The number of nitrogens with two attached hydrogens (primary N) is 1. The largest absolute Gasteiger partial charge is 0.493 e. The van der Waals surface area contributed by atoms with Crippen LogP contribution in [0.3, 0.4) is 0 Å². The molecule has 0 spiro atoms. The van der Waals surface area contributed by atoms with Gasteiger partial charge in [0.2, 0.25) is 0 Å². The number of rotatable bonds is 8. The monoisotopic (exact) mass is 370 g/mol. The Morgan fingerprint density at radius 3 is 2.52 bits per heavy atom. The van der Waals surface area contributed by atoms with Gasteiger partial charge in [-0.05, 0) is 43.0 Å². The van der Waals surface area contributed by atoms with Gasteiger partial charge < -0.3 is 15.2 Å². The van der Waals surface area contributed by atoms with Gasteiger partial charge in [-0.1, -0.05) is 25.4 Å². The molecule has 0 aromatic heterocycles. The maximum absolute atomic E-state index is 11.9. The van der Waals surface area contributed by atoms with Crippen molar-refractivity contribution in [1.29, 1.82) is 0 Å². The highest BCUT2D eigenvalue weighted by molar-refractivity contribution is 6.30. The highest BCUT2D eigenvalue weighted by Gasteiger charge is 2.27. The SMILES string of the molecule is Cc1cc(Cl)ccc1OCCCC(=O)O[C@@H](C(=O)NC(N)=O)C(C)C. The van der Waals surface area contributed by atoms with Crippen LogP contribution >= 0.6 is 11.6 Å². The van der Waals surface area contributed by atoms with Crippen molar-refractivity contribution in [3.05, 3.63) is 28.8 Å². The topological polar surface area (TPSA) is 108 Å². The summed E-state index contributed by atoms with van der Waals surface area (Å²) in [4.78, 5) is 34.4. The summed E-state index contributed by atoms with van der Waals surface area (Å²) in [5.74, 6) is -0.881. The summed E-state index contributed by atoms with van der Waals surface area (Å²) in [7, 11) is 0. The Labute approximate surface area is 151 Å². The number of carbonyl (C=O) groups excluding carboxylic acids is 3. The molecule has 0 bridgehead atoms. The van der Waals surface area contributed by atoms with E-state index < -0.39 is 24.0 Å². The van der Waals surface area contributed by atoms with E-state index >= 15 is 0 Å². The number of imide groups is 1. The Hall–Kier alpha value is -2.28. The molecule has 0 aliphatic carbocycles. The molecule has 1 rings (SSSR count). The normalized spacial score (nSPS) is 11.7. The maximum Gasteiger partial charge on any atom is 0.318 e. The second-order valence-electron chi connectivity index (χ2n) is 5.87. The number of carbonyl (C=O) groups is 3. The Balaban J connectivity index is 2.42. The van der Waals surface area contributed by atoms with Crippen LogP contribution in [0, 0.1) is 12.8 Å². The fraction of sp³-hybridized carbons (Fsp3) is 0.471. The van der Waals surface area contributed by atoms with E-state index in [1.54, 1.807) is 32.0 Å². The molecule has 0 unspecified atom stereocenters. The van der Waals surface area contributed by atoms with Crippen molar-refractivity contribution in [3.63, 3.8) is 0 Å². The minimum Gasteiger partial charge on any atom is -0.493 e. The molecule has 3 amide bonds. The number of esters is 1. The minimum atomic E-state index is -1.07. The van der Waals surface area contributed by atoms with E-state index in [0.29, 0.717) is 23.8 Å². The number of ether oxygens (including phenoxy) is 2. The predicted octanol–water partition coefficient (Wildman–Crippen LogP) is 2.57. The number of nitrogens with one attached hydrogen (secondary N) is 1. The molecule has 138 valence electrons. The van der Waals surface area contributed by atoms with Crippen LogP contribution in [0.2, 0.25) is 5.02 Å². The number of primary amides is 1. The Kier molecular flexibility index (Phi) is 8.21. The number of urea groups is 1. The quantitative estimate of drug-likeness (QED) is 0.540. The van der Waals surface area contributed by atoms with Crippen LogP contribution in [0.4, 0.5) is 4.79 Å². The van der Waals surface area contributed by atoms with Crippen molar-refractivity contribution < 1.29 is 23.9 Å². The lowest BCUT2D eigenvalue weighted by Crippen LogP contribution is -2.45. The Morgan fingerprint density at radius 2 is 1.96 bits per heavy atom. The third-order valence-electron chi connectivity index (χ3n) is 3.29. The fourth-order valence-corrected chi connectivity index (χ4v) is 2.29. The molecule has 0 radical (unpaired) electrons. The Bertz CT molecular complexity index is 633. The fourth-order valence-electron chi connectivity index (χ4n) is 2.06. The van der Waals surface area contributed by atoms with Crippen molar-refractivity contribution in [2.24, 2.45) is 11.7 Å². The van der Waals surface area contributed by atoms with Gasteiger partial charge in [0.25, 0.3) is 5.91 Å². The zero-order valence-electron chi connectivity index (χ0n) is 14.5. The summed E-state index contributed by atoms with van der Waals surface area (Å²) < 4.78 is 10.7. The van der Waals surface area contributed by atoms with Crippen molar-refractivity contribution in [3.8, 4) is 5.75 Å². The summed E-state index contributed by atoms with van der Waals surface area (Å²) in [6.07, 6.45) is -0.567. The van der Waals surface area contributed by atoms with Gasteiger partial charge in [-0.2, -0.15) is 0 Å². The number of aryl methyl sites for hydroxylation is 1. The number of hydrogen-bond acceptors (Lipinski definition) is 5. The van der Waals surface area contributed by atoms with E-state index in [4.69, 9.17) is 26.8 Å². The summed E-state index contributed by atoms with van der Waals surface area (Å²) in [6.45, 7) is 5.59. The molecule has 1 aromatic carbocycles. The van der Waals surface area contributed by atoms with E-state index in [2.05, 4.69) is 0 Å². The first kappa shape index (κ1) is 20.8. The second-order valence-corrected chi connectivity index (χ2v) is 6.31. The second kappa shape index (κ2) is 9.88. The smallest absolute Gasteiger partial charge is 0.318 e. The number of amides is 3. The molecule has 0 saturated carbocycles. The van der Waals surface area contributed by atoms with Gasteiger partial charge in [-0.25, -0.2) is 4.79 Å². The number of hydrogen-bond donors (Lipinski definition) is 2. The highest BCUT2D eigenvalue weighted by Crippen LogP contribution is 2.22. The number of benzene rings is 1. The van der Waals surface area contributed by atoms with E-state index in [-0.39, 0.29) is 12.3 Å². The third kappa shape index (κ3) is 7.43. The molecule has 0 aliphatic rings. The predicted molar refractivity (Wildman–Crippen MR) is 93.4 cm³/mol. The lowest BCUT2D eigenvalue weighted by atomic mass is 10.1. The first-order valence-corrected chi connectivity index (χ1v) is 8.27. The third-order valence-corrected chi connectivity index (χ3v) is 3.52. The molecule has 3 N–H and O–H groups in total. The van der Waals surface area contributed by atoms with Crippen LogP contribution in [0.15, 0.2) is 18.2 Å². The lowest BCUT2D eigenvalue weighted by Gasteiger charge is -2.19. The summed E-state index contributed by atoms with van der Waals surface area (Å²) in [5.41, 5.74) is 5.80. The van der Waals surface area contributed by atoms with Gasteiger partial charge in [0.1, 0.15) is 5.75 Å².